The molecule has 282 valence electrons. The van der Waals surface area contributed by atoms with Gasteiger partial charge in [-0.25, -0.2) is 9.97 Å². The number of allylic oxidation sites excluding steroid dienone is 4. The fourth-order valence-corrected chi connectivity index (χ4v) is 9.40. The SMILES string of the molecule is CC1C=CC=CCC1c1c2c#cccc2c(-c2cccc(-c3nc(-c4ccccc4)cc(-c4ccc(-c5cc6ccccc6c6ccccc56)cc4)n3)c2)c2ccccc12. The molecule has 0 fully saturated rings. The van der Waals surface area contributed by atoms with E-state index in [1.165, 1.54) is 60.0 Å². The molecule has 2 nitrogen and oxygen atoms in total. The van der Waals surface area contributed by atoms with E-state index in [-0.39, 0.29) is 0 Å². The minimum absolute atomic E-state index is 0.327. The predicted molar refractivity (Wildman–Crippen MR) is 252 cm³/mol. The van der Waals surface area contributed by atoms with E-state index < -0.39 is 0 Å². The molecule has 1 aromatic heterocycles. The second-order valence-corrected chi connectivity index (χ2v) is 15.9. The normalized spacial score (nSPS) is 15.1. The zero-order valence-corrected chi connectivity index (χ0v) is 33.3. The minimum Gasteiger partial charge on any atom is -0.228 e. The van der Waals surface area contributed by atoms with E-state index in [1.54, 1.807) is 0 Å². The second-order valence-electron chi connectivity index (χ2n) is 15.9. The Morgan fingerprint density at radius 3 is 1.97 bits per heavy atom. The molecule has 0 radical (unpaired) electrons. The van der Waals surface area contributed by atoms with Crippen LogP contribution in [0.4, 0.5) is 0 Å². The zero-order chi connectivity index (χ0) is 40.0. The zero-order valence-electron chi connectivity index (χ0n) is 33.3. The van der Waals surface area contributed by atoms with Crippen LogP contribution in [0.3, 0.4) is 0 Å². The molecular weight excluding hydrogens is 725 g/mol. The third-order valence-corrected chi connectivity index (χ3v) is 12.3. The van der Waals surface area contributed by atoms with Gasteiger partial charge in [-0.3, -0.25) is 0 Å². The maximum absolute atomic E-state index is 5.31. The molecule has 9 aromatic carbocycles. The number of hydrogen-bond acceptors (Lipinski definition) is 2. The van der Waals surface area contributed by atoms with Gasteiger partial charge in [0.1, 0.15) is 0 Å². The van der Waals surface area contributed by atoms with E-state index in [2.05, 4.69) is 207 Å². The number of hydrogen-bond donors (Lipinski definition) is 0. The molecular formula is C58H40N2. The van der Waals surface area contributed by atoms with Crippen molar-refractivity contribution in [1.29, 1.82) is 0 Å². The van der Waals surface area contributed by atoms with Crippen LogP contribution in [0.2, 0.25) is 0 Å². The number of nitrogens with zero attached hydrogens (tertiary/aromatic N) is 2. The van der Waals surface area contributed by atoms with Crippen molar-refractivity contribution < 1.29 is 0 Å². The third kappa shape index (κ3) is 6.24. The van der Waals surface area contributed by atoms with E-state index in [4.69, 9.17) is 9.97 Å². The van der Waals surface area contributed by atoms with Crippen LogP contribution in [0.1, 0.15) is 24.8 Å². The van der Waals surface area contributed by atoms with Crippen molar-refractivity contribution in [3.05, 3.63) is 218 Å². The Labute approximate surface area is 350 Å². The summed E-state index contributed by atoms with van der Waals surface area (Å²) in [4.78, 5) is 10.6. The fraction of sp³-hybridized carbons (Fsp3) is 0.0690. The van der Waals surface area contributed by atoms with E-state index in [0.717, 1.165) is 45.4 Å². The molecule has 11 rings (SSSR count). The summed E-state index contributed by atoms with van der Waals surface area (Å²) in [7, 11) is 0. The first-order valence-electron chi connectivity index (χ1n) is 20.8. The Bertz CT molecular complexity index is 3250. The molecule has 1 aliphatic carbocycles. The van der Waals surface area contributed by atoms with Gasteiger partial charge in [-0.15, -0.1) is 0 Å². The molecule has 2 atom stereocenters. The summed E-state index contributed by atoms with van der Waals surface area (Å²) in [6, 6.07) is 69.8. The molecule has 0 aliphatic heterocycles. The summed E-state index contributed by atoms with van der Waals surface area (Å²) in [5, 5.41) is 9.86. The van der Waals surface area contributed by atoms with Crippen LogP contribution >= 0.6 is 0 Å². The first-order chi connectivity index (χ1) is 29.7. The smallest absolute Gasteiger partial charge is 0.160 e. The van der Waals surface area contributed by atoms with Gasteiger partial charge < -0.3 is 0 Å². The van der Waals surface area contributed by atoms with Gasteiger partial charge in [-0.1, -0.05) is 189 Å². The summed E-state index contributed by atoms with van der Waals surface area (Å²) in [5.41, 5.74) is 10.9. The largest absolute Gasteiger partial charge is 0.228 e. The highest BCUT2D eigenvalue weighted by Gasteiger charge is 2.25. The summed E-state index contributed by atoms with van der Waals surface area (Å²) in [5.74, 6) is 1.40. The monoisotopic (exact) mass is 764 g/mol. The average Bonchev–Trinajstić information content (AvgIpc) is 3.54. The molecule has 1 aliphatic rings. The average molecular weight is 765 g/mol. The summed E-state index contributed by atoms with van der Waals surface area (Å²) in [6.07, 6.45) is 9.98. The summed E-state index contributed by atoms with van der Waals surface area (Å²) >= 11 is 0. The van der Waals surface area contributed by atoms with Gasteiger partial charge in [-0.05, 0) is 114 Å². The van der Waals surface area contributed by atoms with Crippen molar-refractivity contribution in [2.75, 3.05) is 0 Å². The highest BCUT2D eigenvalue weighted by atomic mass is 14.9. The summed E-state index contributed by atoms with van der Waals surface area (Å²) < 4.78 is 0. The Kier molecular flexibility index (Phi) is 8.87. The van der Waals surface area contributed by atoms with Crippen molar-refractivity contribution in [3.63, 3.8) is 0 Å². The lowest BCUT2D eigenvalue weighted by molar-refractivity contribution is 0.562. The van der Waals surface area contributed by atoms with Gasteiger partial charge in [0, 0.05) is 22.1 Å². The molecule has 2 unspecified atom stereocenters. The molecule has 0 N–H and O–H groups in total. The lowest BCUT2D eigenvalue weighted by Gasteiger charge is -2.25. The van der Waals surface area contributed by atoms with Gasteiger partial charge in [0.05, 0.1) is 11.4 Å². The van der Waals surface area contributed by atoms with E-state index >= 15 is 0 Å². The summed E-state index contributed by atoms with van der Waals surface area (Å²) in [6.45, 7) is 2.33. The van der Waals surface area contributed by atoms with Gasteiger partial charge in [0.25, 0.3) is 0 Å². The van der Waals surface area contributed by atoms with Crippen LogP contribution < -0.4 is 0 Å². The Morgan fingerprint density at radius 2 is 1.15 bits per heavy atom. The van der Waals surface area contributed by atoms with Crippen LogP contribution in [0, 0.1) is 18.1 Å². The van der Waals surface area contributed by atoms with Crippen LogP contribution in [0.5, 0.6) is 0 Å². The van der Waals surface area contributed by atoms with E-state index in [9.17, 15) is 0 Å². The number of aromatic nitrogens is 2. The van der Waals surface area contributed by atoms with Gasteiger partial charge in [-0.2, -0.15) is 0 Å². The first kappa shape index (κ1) is 35.6. The molecule has 2 heteroatoms. The Hall–Kier alpha value is -7.60. The number of rotatable bonds is 6. The van der Waals surface area contributed by atoms with Crippen molar-refractivity contribution in [2.45, 2.75) is 19.3 Å². The van der Waals surface area contributed by atoms with E-state index in [0.29, 0.717) is 17.7 Å². The van der Waals surface area contributed by atoms with Gasteiger partial charge >= 0.3 is 0 Å². The number of benzene rings is 8. The lowest BCUT2D eigenvalue weighted by Crippen LogP contribution is -2.08. The maximum atomic E-state index is 5.31. The highest BCUT2D eigenvalue weighted by Crippen LogP contribution is 2.45. The van der Waals surface area contributed by atoms with Gasteiger partial charge in [0.2, 0.25) is 0 Å². The lowest BCUT2D eigenvalue weighted by atomic mass is 9.78. The fourth-order valence-electron chi connectivity index (χ4n) is 9.40. The standard InChI is InChI=1S/C58H40N2/c1-38-17-4-2-7-23-45(38)57-51-29-14-12-27-49(51)56(50-28-13-15-30-52(50)57)43-21-16-22-44(35-43)58-59-54(40-18-5-3-6-19-40)37-55(60-58)41-33-31-39(32-34-41)53-36-42-20-8-9-24-46(42)47-25-10-11-26-48(47)53/h2-14,16-22,24-29,31-38,45H,23H2,1H3. The molecule has 0 amide bonds. The Morgan fingerprint density at radius 1 is 0.500 bits per heavy atom. The molecule has 1 heterocycles. The van der Waals surface area contributed by atoms with E-state index in [1.807, 2.05) is 12.1 Å². The van der Waals surface area contributed by atoms with Crippen molar-refractivity contribution in [2.24, 2.45) is 5.92 Å². The topological polar surface area (TPSA) is 25.8 Å². The molecule has 0 saturated heterocycles. The molecule has 60 heavy (non-hydrogen) atoms. The third-order valence-electron chi connectivity index (χ3n) is 12.3. The van der Waals surface area contributed by atoms with Crippen molar-refractivity contribution in [1.82, 2.24) is 9.97 Å². The molecule has 0 spiro atoms. The molecule has 0 saturated carbocycles. The second kappa shape index (κ2) is 15.0. The minimum atomic E-state index is 0.327. The molecule has 0 bridgehead atoms. The maximum Gasteiger partial charge on any atom is 0.160 e. The van der Waals surface area contributed by atoms with Crippen LogP contribution in [0.15, 0.2) is 200 Å². The van der Waals surface area contributed by atoms with Crippen LogP contribution in [-0.4, -0.2) is 9.97 Å². The quantitative estimate of drug-likeness (QED) is 0.158. The van der Waals surface area contributed by atoms with Crippen LogP contribution in [-0.2, 0) is 0 Å². The molecule has 10 aromatic rings. The van der Waals surface area contributed by atoms with Crippen molar-refractivity contribution >= 4 is 43.1 Å². The number of fused-ring (bicyclic) bond motifs is 5. The highest BCUT2D eigenvalue weighted by molar-refractivity contribution is 6.16. The first-order valence-corrected chi connectivity index (χ1v) is 20.8. The predicted octanol–water partition coefficient (Wildman–Crippen LogP) is 15.3. The Balaban J connectivity index is 1.05. The van der Waals surface area contributed by atoms with Gasteiger partial charge in [0.15, 0.2) is 5.82 Å². The van der Waals surface area contributed by atoms with Crippen molar-refractivity contribution in [3.8, 4) is 56.2 Å². The van der Waals surface area contributed by atoms with Crippen LogP contribution in [0.25, 0.3) is 99.2 Å².